The van der Waals surface area contributed by atoms with Crippen molar-refractivity contribution >= 4 is 11.6 Å². The maximum atomic E-state index is 13.3. The molecule has 0 amide bonds. The molecule has 1 atom stereocenters. The monoisotopic (exact) mass is 267 g/mol. The van der Waals surface area contributed by atoms with Gasteiger partial charge in [-0.25, -0.2) is 22.5 Å². The number of aliphatic hydroxyl groups excluding tert-OH is 1. The highest BCUT2D eigenvalue weighted by atomic mass is 19.3. The summed E-state index contributed by atoms with van der Waals surface area (Å²) in [6.45, 7) is 1.48. The van der Waals surface area contributed by atoms with E-state index in [0.717, 1.165) is 0 Å². The summed E-state index contributed by atoms with van der Waals surface area (Å²) in [6.07, 6.45) is -4.90. The molecule has 1 rings (SSSR count). The first-order valence-electron chi connectivity index (χ1n) is 5.25. The Morgan fingerprint density at radius 1 is 1.22 bits per heavy atom. The molecule has 0 aliphatic carbocycles. The summed E-state index contributed by atoms with van der Waals surface area (Å²) >= 11 is 0. The normalized spacial score (nSPS) is 12.6. The summed E-state index contributed by atoms with van der Waals surface area (Å²) in [5.41, 5.74) is 0. The second-order valence-electron chi connectivity index (χ2n) is 3.46. The lowest BCUT2D eigenvalue weighted by atomic mass is 10.3. The van der Waals surface area contributed by atoms with Crippen molar-refractivity contribution in [1.82, 2.24) is 4.98 Å². The van der Waals surface area contributed by atoms with Gasteiger partial charge in [0.2, 0.25) is 0 Å². The van der Waals surface area contributed by atoms with E-state index in [9.17, 15) is 17.6 Å². The molecule has 0 aliphatic heterocycles. The number of hydrogen-bond donors (Lipinski definition) is 3. The van der Waals surface area contributed by atoms with Gasteiger partial charge in [0.1, 0.15) is 6.10 Å². The van der Waals surface area contributed by atoms with Crippen molar-refractivity contribution < 1.29 is 22.7 Å². The van der Waals surface area contributed by atoms with E-state index in [4.69, 9.17) is 5.11 Å². The van der Waals surface area contributed by atoms with Crippen molar-refractivity contribution in [3.8, 4) is 0 Å². The lowest BCUT2D eigenvalue weighted by Gasteiger charge is -2.13. The van der Waals surface area contributed by atoms with E-state index in [1.54, 1.807) is 6.92 Å². The van der Waals surface area contributed by atoms with Gasteiger partial charge in [-0.05, 0) is 6.92 Å². The van der Waals surface area contributed by atoms with Crippen molar-refractivity contribution in [3.05, 3.63) is 17.7 Å². The first-order valence-corrected chi connectivity index (χ1v) is 5.25. The summed E-state index contributed by atoms with van der Waals surface area (Å²) < 4.78 is 50.5. The molecular weight excluding hydrogens is 254 g/mol. The molecule has 1 heterocycles. The number of halogens is 4. The fraction of sp³-hybridized carbons (Fsp3) is 0.500. The minimum absolute atomic E-state index is 0.187. The van der Waals surface area contributed by atoms with Gasteiger partial charge in [-0.2, -0.15) is 0 Å². The molecule has 0 spiro atoms. The van der Waals surface area contributed by atoms with Crippen molar-refractivity contribution in [2.45, 2.75) is 19.5 Å². The SMILES string of the molecule is CCNc1nc(NCC(O)C(F)F)c(F)cc1F. The van der Waals surface area contributed by atoms with E-state index >= 15 is 0 Å². The minimum atomic E-state index is -2.95. The Kier molecular flexibility index (Phi) is 5.14. The van der Waals surface area contributed by atoms with Crippen LogP contribution in [0.3, 0.4) is 0 Å². The Morgan fingerprint density at radius 3 is 2.28 bits per heavy atom. The van der Waals surface area contributed by atoms with Gasteiger partial charge < -0.3 is 15.7 Å². The summed E-state index contributed by atoms with van der Waals surface area (Å²) in [5, 5.41) is 13.6. The second-order valence-corrected chi connectivity index (χ2v) is 3.46. The average molecular weight is 267 g/mol. The molecule has 4 nitrogen and oxygen atoms in total. The molecule has 102 valence electrons. The zero-order chi connectivity index (χ0) is 13.7. The largest absolute Gasteiger partial charge is 0.385 e. The summed E-state index contributed by atoms with van der Waals surface area (Å²) in [4.78, 5) is 3.56. The van der Waals surface area contributed by atoms with Crippen LogP contribution >= 0.6 is 0 Å². The molecule has 0 bridgehead atoms. The van der Waals surface area contributed by atoms with Crippen LogP contribution in [0.25, 0.3) is 0 Å². The van der Waals surface area contributed by atoms with Crippen LogP contribution in [-0.4, -0.2) is 35.7 Å². The van der Waals surface area contributed by atoms with Crippen molar-refractivity contribution in [2.75, 3.05) is 23.7 Å². The molecule has 18 heavy (non-hydrogen) atoms. The fourth-order valence-electron chi connectivity index (χ4n) is 1.17. The van der Waals surface area contributed by atoms with E-state index in [0.29, 0.717) is 12.6 Å². The van der Waals surface area contributed by atoms with Crippen LogP contribution in [0.1, 0.15) is 6.92 Å². The van der Waals surface area contributed by atoms with Gasteiger partial charge in [-0.3, -0.25) is 0 Å². The molecule has 8 heteroatoms. The highest BCUT2D eigenvalue weighted by Crippen LogP contribution is 2.19. The maximum absolute atomic E-state index is 13.3. The number of rotatable bonds is 6. The molecule has 0 aliphatic rings. The van der Waals surface area contributed by atoms with Gasteiger partial charge in [-0.15, -0.1) is 0 Å². The van der Waals surface area contributed by atoms with E-state index in [1.807, 2.05) is 0 Å². The van der Waals surface area contributed by atoms with Crippen molar-refractivity contribution in [2.24, 2.45) is 0 Å². The maximum Gasteiger partial charge on any atom is 0.265 e. The lowest BCUT2D eigenvalue weighted by Crippen LogP contribution is -2.27. The number of pyridine rings is 1. The van der Waals surface area contributed by atoms with Crippen LogP contribution < -0.4 is 10.6 Å². The van der Waals surface area contributed by atoms with Gasteiger partial charge in [-0.1, -0.05) is 0 Å². The Morgan fingerprint density at radius 2 is 1.78 bits per heavy atom. The summed E-state index contributed by atoms with van der Waals surface area (Å²) in [5.74, 6) is -2.48. The number of nitrogens with one attached hydrogen (secondary N) is 2. The molecular formula is C10H13F4N3O. The van der Waals surface area contributed by atoms with Crippen LogP contribution in [0.2, 0.25) is 0 Å². The molecule has 1 aromatic rings. The van der Waals surface area contributed by atoms with Crippen LogP contribution in [0.5, 0.6) is 0 Å². The molecule has 3 N–H and O–H groups in total. The highest BCUT2D eigenvalue weighted by molar-refractivity contribution is 5.47. The van der Waals surface area contributed by atoms with E-state index in [2.05, 4.69) is 15.6 Å². The van der Waals surface area contributed by atoms with Crippen LogP contribution in [-0.2, 0) is 0 Å². The Balaban J connectivity index is 2.78. The number of aliphatic hydroxyl groups is 1. The van der Waals surface area contributed by atoms with E-state index < -0.39 is 36.5 Å². The van der Waals surface area contributed by atoms with Crippen LogP contribution in [0, 0.1) is 11.6 Å². The second kappa shape index (κ2) is 6.39. The van der Waals surface area contributed by atoms with Gasteiger partial charge in [0, 0.05) is 19.2 Å². The molecule has 0 saturated carbocycles. The standard InChI is InChI=1S/C10H13F4N3O/c1-2-15-9-5(11)3-6(12)10(17-9)16-4-7(18)8(13)14/h3,7-8,18H,2,4H2,1H3,(H2,15,16,17). The quantitative estimate of drug-likeness (QED) is 0.688. The first kappa shape index (κ1) is 14.5. The number of hydrogen-bond acceptors (Lipinski definition) is 4. The highest BCUT2D eigenvalue weighted by Gasteiger charge is 2.18. The number of anilines is 2. The Bertz CT molecular complexity index is 403. The third kappa shape index (κ3) is 3.73. The Hall–Kier alpha value is -1.57. The van der Waals surface area contributed by atoms with Gasteiger partial charge >= 0.3 is 0 Å². The van der Waals surface area contributed by atoms with Crippen LogP contribution in [0.4, 0.5) is 29.2 Å². The molecule has 0 radical (unpaired) electrons. The number of nitrogens with zero attached hydrogens (tertiary/aromatic N) is 1. The smallest absolute Gasteiger partial charge is 0.265 e. The Labute approximate surface area is 101 Å². The summed E-state index contributed by atoms with van der Waals surface area (Å²) in [6, 6.07) is 0.585. The predicted octanol–water partition coefficient (Wildman–Crippen LogP) is 1.83. The minimum Gasteiger partial charge on any atom is -0.385 e. The fourth-order valence-corrected chi connectivity index (χ4v) is 1.17. The van der Waals surface area contributed by atoms with E-state index in [-0.39, 0.29) is 5.82 Å². The third-order valence-corrected chi connectivity index (χ3v) is 2.04. The van der Waals surface area contributed by atoms with Gasteiger partial charge in [0.05, 0.1) is 0 Å². The number of aromatic nitrogens is 1. The molecule has 0 saturated heterocycles. The zero-order valence-corrected chi connectivity index (χ0v) is 9.55. The molecule has 0 aromatic carbocycles. The lowest BCUT2D eigenvalue weighted by molar-refractivity contribution is 0.00377. The topological polar surface area (TPSA) is 57.2 Å². The van der Waals surface area contributed by atoms with E-state index in [1.165, 1.54) is 0 Å². The predicted molar refractivity (Wildman–Crippen MR) is 58.8 cm³/mol. The van der Waals surface area contributed by atoms with Crippen molar-refractivity contribution in [3.63, 3.8) is 0 Å². The van der Waals surface area contributed by atoms with Crippen molar-refractivity contribution in [1.29, 1.82) is 0 Å². The zero-order valence-electron chi connectivity index (χ0n) is 9.55. The molecule has 0 fully saturated rings. The molecule has 1 unspecified atom stereocenters. The average Bonchev–Trinajstić information content (AvgIpc) is 2.30. The molecule has 1 aromatic heterocycles. The first-order chi connectivity index (χ1) is 8.45. The number of alkyl halides is 2. The van der Waals surface area contributed by atoms with Crippen LogP contribution in [0.15, 0.2) is 6.07 Å². The van der Waals surface area contributed by atoms with Gasteiger partial charge in [0.15, 0.2) is 23.3 Å². The third-order valence-electron chi connectivity index (χ3n) is 2.04. The summed E-state index contributed by atoms with van der Waals surface area (Å²) in [7, 11) is 0. The van der Waals surface area contributed by atoms with Gasteiger partial charge in [0.25, 0.3) is 6.43 Å².